The second-order valence-corrected chi connectivity index (χ2v) is 11.1. The molecule has 3 unspecified atom stereocenters. The van der Waals surface area contributed by atoms with Crippen molar-refractivity contribution in [2.24, 2.45) is 11.7 Å². The van der Waals surface area contributed by atoms with E-state index in [1.54, 1.807) is 19.1 Å². The number of fused-ring (bicyclic) bond motifs is 2. The molecule has 15 heteroatoms. The van der Waals surface area contributed by atoms with Gasteiger partial charge in [0.05, 0.1) is 26.9 Å². The first kappa shape index (κ1) is 29.8. The standard InChI is InChI=1S/C30H28ClN5O9/c1-11-7-13-20(25(38)30(11)26(39)21-16(42-3)9-17(43-4)23(31)24(21)45-30)19(22-27(34-13)35-29(33)36-28(22)40)12-5-6-14(41-2)15(8-12)44-10-18(32)37/h5-6,8-9,11,19H,7,10H2,1-4H3,(H2,32,37)(H4,33,34,35,36,40). The quantitative estimate of drug-likeness (QED) is 0.275. The number of allylic oxidation sites excluding steroid dienone is 1. The Morgan fingerprint density at radius 2 is 1.78 bits per heavy atom. The topological polar surface area (TPSA) is 207 Å². The maximum absolute atomic E-state index is 14.9. The van der Waals surface area contributed by atoms with Gasteiger partial charge in [0.2, 0.25) is 23.1 Å². The number of benzene rings is 2. The van der Waals surface area contributed by atoms with Crippen molar-refractivity contribution < 1.29 is 38.1 Å². The van der Waals surface area contributed by atoms with E-state index in [0.717, 1.165) is 0 Å². The number of ketones is 2. The number of nitrogens with two attached hydrogens (primary N) is 2. The lowest BCUT2D eigenvalue weighted by Crippen LogP contribution is -2.58. The van der Waals surface area contributed by atoms with E-state index >= 15 is 0 Å². The predicted molar refractivity (Wildman–Crippen MR) is 160 cm³/mol. The van der Waals surface area contributed by atoms with Crippen molar-refractivity contribution in [2.75, 3.05) is 39.0 Å². The summed E-state index contributed by atoms with van der Waals surface area (Å²) in [5.74, 6) is -3.17. The van der Waals surface area contributed by atoms with Gasteiger partial charge in [-0.25, -0.2) is 0 Å². The van der Waals surface area contributed by atoms with Crippen LogP contribution in [0.1, 0.15) is 40.7 Å². The Kier molecular flexibility index (Phi) is 7.11. The van der Waals surface area contributed by atoms with Gasteiger partial charge in [-0.05, 0) is 24.1 Å². The highest BCUT2D eigenvalue weighted by Gasteiger charge is 2.63. The van der Waals surface area contributed by atoms with Gasteiger partial charge in [0.25, 0.3) is 11.5 Å². The number of aromatic nitrogens is 2. The van der Waals surface area contributed by atoms with Crippen LogP contribution in [0.5, 0.6) is 28.7 Å². The second-order valence-electron chi connectivity index (χ2n) is 10.7. The van der Waals surface area contributed by atoms with E-state index in [1.807, 2.05) is 0 Å². The monoisotopic (exact) mass is 637 g/mol. The molecule has 0 radical (unpaired) electrons. The molecule has 2 aliphatic heterocycles. The summed E-state index contributed by atoms with van der Waals surface area (Å²) in [6, 6.07) is 6.16. The highest BCUT2D eigenvalue weighted by molar-refractivity contribution is 6.36. The molecule has 3 aliphatic rings. The third-order valence-corrected chi connectivity index (χ3v) is 8.60. The Bertz CT molecular complexity index is 1910. The average Bonchev–Trinajstić information content (AvgIpc) is 3.32. The molecular formula is C30H28ClN5O9. The van der Waals surface area contributed by atoms with Gasteiger partial charge >= 0.3 is 0 Å². The number of carbonyl (C=O) groups is 3. The fraction of sp³-hybridized carbons (Fsp3) is 0.300. The van der Waals surface area contributed by atoms with Crippen LogP contribution >= 0.6 is 11.6 Å². The third-order valence-electron chi connectivity index (χ3n) is 8.24. The first-order valence-electron chi connectivity index (χ1n) is 13.7. The van der Waals surface area contributed by atoms with E-state index in [9.17, 15) is 19.2 Å². The number of methoxy groups -OCH3 is 3. The molecule has 1 spiro atoms. The molecule has 1 aliphatic carbocycles. The van der Waals surface area contributed by atoms with Gasteiger partial charge < -0.3 is 40.5 Å². The largest absolute Gasteiger partial charge is 0.496 e. The summed E-state index contributed by atoms with van der Waals surface area (Å²) >= 11 is 6.59. The Morgan fingerprint density at radius 3 is 2.44 bits per heavy atom. The van der Waals surface area contributed by atoms with Gasteiger partial charge in [-0.3, -0.25) is 24.2 Å². The highest BCUT2D eigenvalue weighted by atomic mass is 35.5. The first-order valence-corrected chi connectivity index (χ1v) is 14.1. The van der Waals surface area contributed by atoms with E-state index in [4.69, 9.17) is 46.8 Å². The zero-order chi connectivity index (χ0) is 32.4. The molecule has 0 saturated heterocycles. The Hall–Kier alpha value is -5.24. The first-order chi connectivity index (χ1) is 21.5. The number of primary amides is 1. The SMILES string of the molecule is COc1ccc(C2C3=C(CC(C)C4(Oc5c(Cl)c(OC)cc(OC)c5C4=O)C3=O)Nc3nc(N)[nH]c(=O)c32)cc1OCC(N)=O. The van der Waals surface area contributed by atoms with Crippen molar-refractivity contribution in [1.29, 1.82) is 0 Å². The minimum atomic E-state index is -2.05. The molecule has 14 nitrogen and oxygen atoms in total. The maximum atomic E-state index is 14.9. The minimum absolute atomic E-state index is 0.00415. The molecule has 6 N–H and O–H groups in total. The van der Waals surface area contributed by atoms with Crippen LogP contribution in [0.15, 0.2) is 40.3 Å². The van der Waals surface area contributed by atoms with Gasteiger partial charge in [0, 0.05) is 29.2 Å². The number of anilines is 2. The Labute approximate surface area is 260 Å². The number of hydrogen-bond acceptors (Lipinski definition) is 12. The number of Topliss-reactive ketones (excluding diaryl/α,β-unsaturated/α-hetero) is 2. The summed E-state index contributed by atoms with van der Waals surface area (Å²) < 4.78 is 28.1. The lowest BCUT2D eigenvalue weighted by molar-refractivity contribution is -0.130. The number of nitrogen functional groups attached to an aromatic ring is 1. The summed E-state index contributed by atoms with van der Waals surface area (Å²) in [6.45, 7) is 1.25. The fourth-order valence-corrected chi connectivity index (χ4v) is 6.50. The van der Waals surface area contributed by atoms with Gasteiger partial charge in [-0.15, -0.1) is 0 Å². The molecule has 45 heavy (non-hydrogen) atoms. The van der Waals surface area contributed by atoms with E-state index in [2.05, 4.69) is 15.3 Å². The maximum Gasteiger partial charge on any atom is 0.258 e. The zero-order valence-corrected chi connectivity index (χ0v) is 25.3. The molecule has 1 amide bonds. The molecule has 3 atom stereocenters. The Balaban J connectivity index is 1.56. The van der Waals surface area contributed by atoms with Crippen molar-refractivity contribution >= 4 is 40.8 Å². The number of aromatic amines is 1. The van der Waals surface area contributed by atoms with Crippen LogP contribution in [-0.2, 0) is 9.59 Å². The highest BCUT2D eigenvalue weighted by Crippen LogP contribution is 2.56. The normalized spacial score (nSPS) is 21.4. The molecule has 3 heterocycles. The molecular weight excluding hydrogens is 610 g/mol. The van der Waals surface area contributed by atoms with Crippen LogP contribution < -0.4 is 46.0 Å². The molecule has 0 bridgehead atoms. The number of ether oxygens (including phenoxy) is 5. The third kappa shape index (κ3) is 4.35. The van der Waals surface area contributed by atoms with Crippen LogP contribution in [0, 0.1) is 5.92 Å². The number of hydrogen-bond donors (Lipinski definition) is 4. The van der Waals surface area contributed by atoms with Gasteiger partial charge in [-0.2, -0.15) is 4.98 Å². The number of nitrogens with zero attached hydrogens (tertiary/aromatic N) is 1. The van der Waals surface area contributed by atoms with Crippen molar-refractivity contribution in [2.45, 2.75) is 24.9 Å². The number of halogens is 1. The number of amides is 1. The van der Waals surface area contributed by atoms with E-state index < -0.39 is 47.1 Å². The molecule has 0 fully saturated rings. The number of nitrogens with one attached hydrogen (secondary N) is 2. The lowest BCUT2D eigenvalue weighted by atomic mass is 9.66. The summed E-state index contributed by atoms with van der Waals surface area (Å²) in [5, 5.41) is 3.11. The molecule has 6 rings (SSSR count). The van der Waals surface area contributed by atoms with Crippen molar-refractivity contribution in [3.8, 4) is 28.7 Å². The smallest absolute Gasteiger partial charge is 0.258 e. The molecule has 3 aromatic rings. The number of carbonyl (C=O) groups excluding carboxylic acids is 3. The number of H-pyrrole nitrogens is 1. The van der Waals surface area contributed by atoms with Crippen LogP contribution in [0.2, 0.25) is 5.02 Å². The van der Waals surface area contributed by atoms with E-state index in [1.165, 1.54) is 33.5 Å². The van der Waals surface area contributed by atoms with Crippen LogP contribution in [-0.4, -0.2) is 61.0 Å². The Morgan fingerprint density at radius 1 is 1.07 bits per heavy atom. The minimum Gasteiger partial charge on any atom is -0.496 e. The van der Waals surface area contributed by atoms with Crippen molar-refractivity contribution in [3.63, 3.8) is 0 Å². The van der Waals surface area contributed by atoms with Crippen molar-refractivity contribution in [1.82, 2.24) is 9.97 Å². The summed E-state index contributed by atoms with van der Waals surface area (Å²) in [4.78, 5) is 61.0. The molecule has 234 valence electrons. The molecule has 2 aromatic carbocycles. The summed E-state index contributed by atoms with van der Waals surface area (Å²) in [7, 11) is 4.18. The number of rotatable bonds is 7. The van der Waals surface area contributed by atoms with Gasteiger partial charge in [0.1, 0.15) is 27.9 Å². The van der Waals surface area contributed by atoms with Gasteiger partial charge in [-0.1, -0.05) is 24.6 Å². The lowest BCUT2D eigenvalue weighted by Gasteiger charge is -2.42. The van der Waals surface area contributed by atoms with Crippen LogP contribution in [0.4, 0.5) is 11.8 Å². The zero-order valence-electron chi connectivity index (χ0n) is 24.5. The predicted octanol–water partition coefficient (Wildman–Crippen LogP) is 2.33. The van der Waals surface area contributed by atoms with Crippen molar-refractivity contribution in [3.05, 3.63) is 67.6 Å². The summed E-state index contributed by atoms with van der Waals surface area (Å²) in [6.07, 6.45) is 0.142. The van der Waals surface area contributed by atoms with E-state index in [0.29, 0.717) is 11.3 Å². The summed E-state index contributed by atoms with van der Waals surface area (Å²) in [5.41, 5.74) is 9.47. The van der Waals surface area contributed by atoms with E-state index in [-0.39, 0.29) is 68.7 Å². The fourth-order valence-electron chi connectivity index (χ4n) is 6.24. The average molecular weight is 638 g/mol. The molecule has 0 saturated carbocycles. The second kappa shape index (κ2) is 10.7. The molecule has 1 aromatic heterocycles. The van der Waals surface area contributed by atoms with Gasteiger partial charge in [0.15, 0.2) is 23.9 Å². The van der Waals surface area contributed by atoms with Crippen LogP contribution in [0.3, 0.4) is 0 Å². The van der Waals surface area contributed by atoms with Crippen LogP contribution in [0.25, 0.3) is 0 Å².